The SMILES string of the molecule is C=C(C)C(=O)OC1CC(C(C)(C)C)CC1O. The molecule has 1 aliphatic carbocycles. The summed E-state index contributed by atoms with van der Waals surface area (Å²) in [5.41, 5.74) is 0.525. The summed E-state index contributed by atoms with van der Waals surface area (Å²) >= 11 is 0. The van der Waals surface area contributed by atoms with Crippen molar-refractivity contribution in [2.75, 3.05) is 0 Å². The fourth-order valence-electron chi connectivity index (χ4n) is 2.05. The van der Waals surface area contributed by atoms with Crippen molar-refractivity contribution in [3.63, 3.8) is 0 Å². The van der Waals surface area contributed by atoms with Gasteiger partial charge in [0.05, 0.1) is 6.10 Å². The monoisotopic (exact) mass is 226 g/mol. The molecule has 1 saturated carbocycles. The summed E-state index contributed by atoms with van der Waals surface area (Å²) in [6, 6.07) is 0. The van der Waals surface area contributed by atoms with Crippen molar-refractivity contribution in [1.29, 1.82) is 0 Å². The summed E-state index contributed by atoms with van der Waals surface area (Å²) in [6.07, 6.45) is 0.544. The van der Waals surface area contributed by atoms with Crippen molar-refractivity contribution in [3.05, 3.63) is 12.2 Å². The van der Waals surface area contributed by atoms with Gasteiger partial charge >= 0.3 is 5.97 Å². The van der Waals surface area contributed by atoms with E-state index in [4.69, 9.17) is 4.74 Å². The van der Waals surface area contributed by atoms with Crippen LogP contribution in [0.4, 0.5) is 0 Å². The smallest absolute Gasteiger partial charge is 0.333 e. The van der Waals surface area contributed by atoms with E-state index in [9.17, 15) is 9.90 Å². The van der Waals surface area contributed by atoms with E-state index < -0.39 is 12.1 Å². The molecule has 0 saturated heterocycles. The van der Waals surface area contributed by atoms with Gasteiger partial charge in [-0.15, -0.1) is 0 Å². The minimum Gasteiger partial charge on any atom is -0.456 e. The Balaban J connectivity index is 2.59. The number of aliphatic hydroxyl groups is 1. The van der Waals surface area contributed by atoms with E-state index in [0.717, 1.165) is 6.42 Å². The molecule has 3 unspecified atom stereocenters. The molecule has 1 N–H and O–H groups in total. The second kappa shape index (κ2) is 4.58. The van der Waals surface area contributed by atoms with Crippen molar-refractivity contribution in [3.8, 4) is 0 Å². The highest BCUT2D eigenvalue weighted by atomic mass is 16.6. The summed E-state index contributed by atoms with van der Waals surface area (Å²) in [6.45, 7) is 11.6. The Morgan fingerprint density at radius 2 is 1.94 bits per heavy atom. The average molecular weight is 226 g/mol. The van der Waals surface area contributed by atoms with Gasteiger partial charge in [0, 0.05) is 5.57 Å². The highest BCUT2D eigenvalue weighted by Crippen LogP contribution is 2.40. The molecular formula is C13H22O3. The Hall–Kier alpha value is -0.830. The molecule has 0 amide bonds. The normalized spacial score (nSPS) is 30.2. The van der Waals surface area contributed by atoms with Gasteiger partial charge in [-0.3, -0.25) is 0 Å². The number of hydrogen-bond donors (Lipinski definition) is 1. The van der Waals surface area contributed by atoms with Crippen LogP contribution in [0.1, 0.15) is 40.5 Å². The predicted molar refractivity (Wildman–Crippen MR) is 62.9 cm³/mol. The van der Waals surface area contributed by atoms with Crippen LogP contribution in [0, 0.1) is 11.3 Å². The van der Waals surface area contributed by atoms with Gasteiger partial charge in [0.2, 0.25) is 0 Å². The van der Waals surface area contributed by atoms with Crippen molar-refractivity contribution in [2.24, 2.45) is 11.3 Å². The quantitative estimate of drug-likeness (QED) is 0.580. The molecule has 0 aromatic heterocycles. The molecule has 16 heavy (non-hydrogen) atoms. The first-order valence-electron chi connectivity index (χ1n) is 5.76. The van der Waals surface area contributed by atoms with Gasteiger partial charge in [-0.2, -0.15) is 0 Å². The maximum atomic E-state index is 11.4. The standard InChI is InChI=1S/C13H22O3/c1-8(2)12(15)16-11-7-9(6-10(11)14)13(3,4)5/h9-11,14H,1,6-7H2,2-5H3. The summed E-state index contributed by atoms with van der Waals surface area (Å²) in [7, 11) is 0. The molecule has 3 heteroatoms. The van der Waals surface area contributed by atoms with E-state index in [1.807, 2.05) is 0 Å². The Labute approximate surface area is 97.5 Å². The maximum Gasteiger partial charge on any atom is 0.333 e. The minimum atomic E-state index is -0.535. The van der Waals surface area contributed by atoms with E-state index in [0.29, 0.717) is 17.9 Å². The molecule has 3 atom stereocenters. The molecule has 0 aliphatic heterocycles. The van der Waals surface area contributed by atoms with Gasteiger partial charge < -0.3 is 9.84 Å². The molecule has 0 aromatic rings. The molecule has 3 nitrogen and oxygen atoms in total. The summed E-state index contributed by atoms with van der Waals surface area (Å²) in [4.78, 5) is 11.4. The summed E-state index contributed by atoms with van der Waals surface area (Å²) in [5, 5.41) is 9.85. The van der Waals surface area contributed by atoms with E-state index in [2.05, 4.69) is 27.4 Å². The van der Waals surface area contributed by atoms with Gasteiger partial charge in [-0.25, -0.2) is 4.79 Å². The lowest BCUT2D eigenvalue weighted by molar-refractivity contribution is -0.148. The van der Waals surface area contributed by atoms with E-state index in [1.165, 1.54) is 0 Å². The molecule has 0 heterocycles. The topological polar surface area (TPSA) is 46.5 Å². The van der Waals surface area contributed by atoms with Crippen molar-refractivity contribution >= 4 is 5.97 Å². The zero-order valence-corrected chi connectivity index (χ0v) is 10.6. The van der Waals surface area contributed by atoms with Crippen LogP contribution in [0.25, 0.3) is 0 Å². The first-order chi connectivity index (χ1) is 7.21. The zero-order valence-electron chi connectivity index (χ0n) is 10.6. The van der Waals surface area contributed by atoms with E-state index >= 15 is 0 Å². The lowest BCUT2D eigenvalue weighted by Crippen LogP contribution is -2.26. The number of rotatable bonds is 2. The largest absolute Gasteiger partial charge is 0.456 e. The molecule has 0 bridgehead atoms. The maximum absolute atomic E-state index is 11.4. The van der Waals surface area contributed by atoms with Crippen molar-refractivity contribution in [1.82, 2.24) is 0 Å². The van der Waals surface area contributed by atoms with Gasteiger partial charge in [0.15, 0.2) is 0 Å². The van der Waals surface area contributed by atoms with Crippen LogP contribution in [-0.4, -0.2) is 23.3 Å². The first kappa shape index (κ1) is 13.2. The molecule has 1 aliphatic rings. The van der Waals surface area contributed by atoms with Crippen molar-refractivity contribution < 1.29 is 14.6 Å². The number of hydrogen-bond acceptors (Lipinski definition) is 3. The molecule has 1 fully saturated rings. The third-order valence-electron chi connectivity index (χ3n) is 3.30. The summed E-state index contributed by atoms with van der Waals surface area (Å²) in [5.74, 6) is -0.0102. The third-order valence-corrected chi connectivity index (χ3v) is 3.30. The number of carbonyl (C=O) groups is 1. The van der Waals surface area contributed by atoms with Crippen molar-refractivity contribution in [2.45, 2.75) is 52.7 Å². The van der Waals surface area contributed by atoms with Crippen LogP contribution in [0.3, 0.4) is 0 Å². The fourth-order valence-corrected chi connectivity index (χ4v) is 2.05. The molecule has 0 radical (unpaired) electrons. The van der Waals surface area contributed by atoms with Crippen LogP contribution in [0.15, 0.2) is 12.2 Å². The number of ether oxygens (including phenoxy) is 1. The number of carbonyl (C=O) groups excluding carboxylic acids is 1. The lowest BCUT2D eigenvalue weighted by Gasteiger charge is -2.26. The average Bonchev–Trinajstić information content (AvgIpc) is 2.47. The molecular weight excluding hydrogens is 204 g/mol. The Morgan fingerprint density at radius 1 is 1.38 bits per heavy atom. The second-order valence-electron chi connectivity index (χ2n) is 5.83. The van der Waals surface area contributed by atoms with Gasteiger partial charge in [-0.1, -0.05) is 27.4 Å². The van der Waals surface area contributed by atoms with Crippen LogP contribution in [0.2, 0.25) is 0 Å². The Bertz CT molecular complexity index is 288. The third kappa shape index (κ3) is 3.08. The highest BCUT2D eigenvalue weighted by molar-refractivity contribution is 5.87. The highest BCUT2D eigenvalue weighted by Gasteiger charge is 2.40. The molecule has 1 rings (SSSR count). The fraction of sp³-hybridized carbons (Fsp3) is 0.769. The van der Waals surface area contributed by atoms with Crippen LogP contribution in [0.5, 0.6) is 0 Å². The predicted octanol–water partition coefficient (Wildman–Crippen LogP) is 2.29. The Morgan fingerprint density at radius 3 is 2.31 bits per heavy atom. The number of aliphatic hydroxyl groups excluding tert-OH is 1. The molecule has 0 aromatic carbocycles. The minimum absolute atomic E-state index is 0.144. The molecule has 0 spiro atoms. The molecule has 92 valence electrons. The second-order valence-corrected chi connectivity index (χ2v) is 5.83. The summed E-state index contributed by atoms with van der Waals surface area (Å²) < 4.78 is 5.22. The van der Waals surface area contributed by atoms with E-state index in [-0.39, 0.29) is 11.5 Å². The lowest BCUT2D eigenvalue weighted by atomic mass is 9.80. The Kier molecular flexibility index (Phi) is 3.79. The van der Waals surface area contributed by atoms with E-state index in [1.54, 1.807) is 6.92 Å². The van der Waals surface area contributed by atoms with Crippen LogP contribution < -0.4 is 0 Å². The van der Waals surface area contributed by atoms with Gasteiger partial charge in [0.1, 0.15) is 6.10 Å². The van der Waals surface area contributed by atoms with Gasteiger partial charge in [0.25, 0.3) is 0 Å². The van der Waals surface area contributed by atoms with Crippen LogP contribution in [-0.2, 0) is 9.53 Å². The zero-order chi connectivity index (χ0) is 12.5. The first-order valence-corrected chi connectivity index (χ1v) is 5.76. The van der Waals surface area contributed by atoms with Crippen LogP contribution >= 0.6 is 0 Å². The van der Waals surface area contributed by atoms with Gasteiger partial charge in [-0.05, 0) is 31.1 Å². The number of esters is 1.